The molecule has 1 atom stereocenters. The lowest BCUT2D eigenvalue weighted by atomic mass is 9.86. The van der Waals surface area contributed by atoms with Crippen molar-refractivity contribution in [2.24, 2.45) is 0 Å². The highest BCUT2D eigenvalue weighted by Crippen LogP contribution is 2.49. The number of benzene rings is 2. The first-order valence-corrected chi connectivity index (χ1v) is 11.1. The van der Waals surface area contributed by atoms with Gasteiger partial charge < -0.3 is 23.7 Å². The van der Waals surface area contributed by atoms with Gasteiger partial charge >= 0.3 is 5.97 Å². The zero-order valence-corrected chi connectivity index (χ0v) is 19.0. The second kappa shape index (κ2) is 8.29. The normalized spacial score (nSPS) is 17.8. The average Bonchev–Trinajstić information content (AvgIpc) is 3.47. The molecule has 0 saturated carbocycles. The van der Waals surface area contributed by atoms with E-state index in [1.54, 1.807) is 41.7 Å². The number of rotatable bonds is 5. The van der Waals surface area contributed by atoms with Gasteiger partial charge in [0, 0.05) is 23.1 Å². The lowest BCUT2D eigenvalue weighted by Crippen LogP contribution is -2.21. The van der Waals surface area contributed by atoms with E-state index in [-0.39, 0.29) is 29.9 Å². The van der Waals surface area contributed by atoms with E-state index in [1.807, 2.05) is 16.8 Å². The van der Waals surface area contributed by atoms with Crippen LogP contribution in [0.5, 0.6) is 28.7 Å². The van der Waals surface area contributed by atoms with Crippen molar-refractivity contribution >= 4 is 29.2 Å². The summed E-state index contributed by atoms with van der Waals surface area (Å²) in [6, 6.07) is 8.67. The predicted molar refractivity (Wildman–Crippen MR) is 122 cm³/mol. The van der Waals surface area contributed by atoms with E-state index >= 15 is 0 Å². The van der Waals surface area contributed by atoms with E-state index in [4.69, 9.17) is 23.7 Å². The zero-order valence-electron chi connectivity index (χ0n) is 18.2. The summed E-state index contributed by atoms with van der Waals surface area (Å²) in [6.07, 6.45) is 1.80. The SMILES string of the molecule is COc1cc(OC)c(OC)cc1/C=C1\Oc2c(ccc3c2[C@H](c2ccsc2)CC(=O)O3)C1=O. The first-order chi connectivity index (χ1) is 16.0. The molecular formula is C25H20O7S. The van der Waals surface area contributed by atoms with Crippen molar-refractivity contribution in [1.29, 1.82) is 0 Å². The van der Waals surface area contributed by atoms with Crippen molar-refractivity contribution in [2.75, 3.05) is 21.3 Å². The number of carbonyl (C=O) groups excluding carboxylic acids is 2. The quantitative estimate of drug-likeness (QED) is 0.304. The number of Topliss-reactive ketones (excluding diaryl/α,β-unsaturated/α-hetero) is 1. The van der Waals surface area contributed by atoms with Crippen molar-refractivity contribution in [3.63, 3.8) is 0 Å². The number of hydrogen-bond acceptors (Lipinski definition) is 8. The van der Waals surface area contributed by atoms with Crippen LogP contribution in [0.2, 0.25) is 0 Å². The molecule has 2 aromatic carbocycles. The van der Waals surface area contributed by atoms with Crippen LogP contribution in [-0.2, 0) is 4.79 Å². The lowest BCUT2D eigenvalue weighted by Gasteiger charge is -2.25. The van der Waals surface area contributed by atoms with Gasteiger partial charge in [0.05, 0.1) is 33.3 Å². The minimum absolute atomic E-state index is 0.143. The maximum absolute atomic E-state index is 13.2. The highest BCUT2D eigenvalue weighted by atomic mass is 32.1. The number of ketones is 1. The first kappa shape index (κ1) is 21.1. The molecule has 7 nitrogen and oxygen atoms in total. The van der Waals surface area contributed by atoms with E-state index in [1.165, 1.54) is 21.3 Å². The summed E-state index contributed by atoms with van der Waals surface area (Å²) >= 11 is 1.55. The number of methoxy groups -OCH3 is 3. The third-order valence-electron chi connectivity index (χ3n) is 5.75. The largest absolute Gasteiger partial charge is 0.496 e. The standard InChI is InChI=1S/C25H20O7S/c1-28-18-11-20(30-3)19(29-2)8-14(18)9-21-24(27)15-4-5-17-23(25(15)32-21)16(10-22(26)31-17)13-6-7-33-12-13/h4-9,11-12,16H,10H2,1-3H3/b21-9-/t16-/m0/s1. The zero-order chi connectivity index (χ0) is 23.1. The molecule has 0 radical (unpaired) electrons. The molecule has 0 N–H and O–H groups in total. The number of fused-ring (bicyclic) bond motifs is 3. The molecular weight excluding hydrogens is 444 g/mol. The molecule has 0 bridgehead atoms. The fourth-order valence-electron chi connectivity index (χ4n) is 4.17. The Balaban J connectivity index is 1.60. The van der Waals surface area contributed by atoms with Gasteiger partial charge in [-0.25, -0.2) is 0 Å². The third kappa shape index (κ3) is 3.52. The van der Waals surface area contributed by atoms with Crippen LogP contribution in [0.1, 0.15) is 39.4 Å². The van der Waals surface area contributed by atoms with Crippen LogP contribution < -0.4 is 23.7 Å². The maximum atomic E-state index is 13.2. The summed E-state index contributed by atoms with van der Waals surface area (Å²) in [5.41, 5.74) is 2.72. The third-order valence-corrected chi connectivity index (χ3v) is 6.45. The molecule has 0 aliphatic carbocycles. The minimum atomic E-state index is -0.311. The van der Waals surface area contributed by atoms with Gasteiger partial charge in [-0.1, -0.05) is 0 Å². The number of allylic oxidation sites excluding steroid dienone is 1. The van der Waals surface area contributed by atoms with Gasteiger partial charge in [0.15, 0.2) is 17.3 Å². The molecule has 2 aliphatic rings. The maximum Gasteiger partial charge on any atom is 0.312 e. The fraction of sp³-hybridized carbons (Fsp3) is 0.200. The highest BCUT2D eigenvalue weighted by Gasteiger charge is 2.38. The molecule has 33 heavy (non-hydrogen) atoms. The van der Waals surface area contributed by atoms with E-state index < -0.39 is 0 Å². The number of carbonyl (C=O) groups is 2. The molecule has 0 saturated heterocycles. The van der Waals surface area contributed by atoms with Crippen molar-refractivity contribution in [1.82, 2.24) is 0 Å². The molecule has 0 amide bonds. The van der Waals surface area contributed by atoms with Gasteiger partial charge in [-0.3, -0.25) is 9.59 Å². The lowest BCUT2D eigenvalue weighted by molar-refractivity contribution is -0.135. The van der Waals surface area contributed by atoms with Crippen molar-refractivity contribution < 1.29 is 33.3 Å². The number of esters is 1. The summed E-state index contributed by atoms with van der Waals surface area (Å²) in [6.45, 7) is 0. The Morgan fingerprint density at radius 1 is 0.970 bits per heavy atom. The summed E-state index contributed by atoms with van der Waals surface area (Å²) in [4.78, 5) is 25.4. The summed E-state index contributed by atoms with van der Waals surface area (Å²) in [7, 11) is 4.60. The molecule has 0 spiro atoms. The van der Waals surface area contributed by atoms with Gasteiger partial charge in [0.25, 0.3) is 0 Å². The molecule has 2 aliphatic heterocycles. The van der Waals surface area contributed by atoms with E-state index in [0.717, 1.165) is 5.56 Å². The second-order valence-corrected chi connectivity index (χ2v) is 8.31. The Kier molecular flexibility index (Phi) is 5.30. The van der Waals surface area contributed by atoms with Gasteiger partial charge in [-0.2, -0.15) is 11.3 Å². The Hall–Kier alpha value is -3.78. The molecule has 3 heterocycles. The van der Waals surface area contributed by atoms with Gasteiger partial charge in [0.2, 0.25) is 5.78 Å². The van der Waals surface area contributed by atoms with E-state index in [9.17, 15) is 9.59 Å². The van der Waals surface area contributed by atoms with Gasteiger partial charge in [-0.15, -0.1) is 0 Å². The summed E-state index contributed by atoms with van der Waals surface area (Å²) in [5, 5.41) is 3.95. The van der Waals surface area contributed by atoms with Crippen LogP contribution in [0.25, 0.3) is 6.08 Å². The van der Waals surface area contributed by atoms with Gasteiger partial charge in [0.1, 0.15) is 17.2 Å². The number of ether oxygens (including phenoxy) is 5. The molecule has 8 heteroatoms. The first-order valence-electron chi connectivity index (χ1n) is 10.2. The Morgan fingerprint density at radius 2 is 1.73 bits per heavy atom. The molecule has 3 aromatic rings. The highest BCUT2D eigenvalue weighted by molar-refractivity contribution is 7.08. The Labute approximate surface area is 194 Å². The molecule has 1 aromatic heterocycles. The number of hydrogen-bond donors (Lipinski definition) is 0. The van der Waals surface area contributed by atoms with Crippen LogP contribution in [0.3, 0.4) is 0 Å². The minimum Gasteiger partial charge on any atom is -0.496 e. The average molecular weight is 464 g/mol. The molecule has 5 rings (SSSR count). The van der Waals surface area contributed by atoms with Crippen LogP contribution in [0.4, 0.5) is 0 Å². The topological polar surface area (TPSA) is 80.3 Å². The molecule has 0 fully saturated rings. The molecule has 0 unspecified atom stereocenters. The second-order valence-electron chi connectivity index (χ2n) is 7.53. The van der Waals surface area contributed by atoms with E-state index in [0.29, 0.717) is 45.4 Å². The smallest absolute Gasteiger partial charge is 0.312 e. The molecule has 168 valence electrons. The van der Waals surface area contributed by atoms with Crippen LogP contribution in [-0.4, -0.2) is 33.1 Å². The predicted octanol–water partition coefficient (Wildman–Crippen LogP) is 4.83. The number of thiophene rings is 1. The van der Waals surface area contributed by atoms with Crippen molar-refractivity contribution in [3.8, 4) is 28.7 Å². The van der Waals surface area contributed by atoms with Gasteiger partial charge in [-0.05, 0) is 46.7 Å². The van der Waals surface area contributed by atoms with Crippen molar-refractivity contribution in [3.05, 3.63) is 69.1 Å². The monoisotopic (exact) mass is 464 g/mol. The van der Waals surface area contributed by atoms with Crippen LogP contribution >= 0.6 is 11.3 Å². The Morgan fingerprint density at radius 3 is 2.42 bits per heavy atom. The van der Waals surface area contributed by atoms with Crippen molar-refractivity contribution in [2.45, 2.75) is 12.3 Å². The summed E-state index contributed by atoms with van der Waals surface area (Å²) < 4.78 is 27.8. The van der Waals surface area contributed by atoms with Crippen LogP contribution in [0.15, 0.2) is 46.9 Å². The Bertz CT molecular complexity index is 1290. The van der Waals surface area contributed by atoms with E-state index in [2.05, 4.69) is 0 Å². The summed E-state index contributed by atoms with van der Waals surface area (Å²) in [5.74, 6) is 1.67. The fourth-order valence-corrected chi connectivity index (χ4v) is 4.89. The van der Waals surface area contributed by atoms with Crippen LogP contribution in [0, 0.1) is 0 Å².